The first-order valence-corrected chi connectivity index (χ1v) is 9.83. The lowest BCUT2D eigenvalue weighted by molar-refractivity contribution is -0.119. The fourth-order valence-electron chi connectivity index (χ4n) is 3.97. The topological polar surface area (TPSA) is 60.0 Å². The molecule has 2 unspecified atom stereocenters. The summed E-state index contributed by atoms with van der Waals surface area (Å²) in [6.45, 7) is 3.52. The lowest BCUT2D eigenvalue weighted by atomic mass is 9.79. The van der Waals surface area contributed by atoms with Crippen LogP contribution in [0.25, 0.3) is 0 Å². The number of hydrogen-bond donors (Lipinski definition) is 2. The number of likely N-dealkylation sites (N-methyl/N-ethyl adjacent to an activating group) is 1. The third kappa shape index (κ3) is 4.15. The van der Waals surface area contributed by atoms with E-state index < -0.39 is 0 Å². The van der Waals surface area contributed by atoms with E-state index in [4.69, 9.17) is 0 Å². The molecule has 138 valence electrons. The first-order chi connectivity index (χ1) is 12.0. The van der Waals surface area contributed by atoms with Crippen LogP contribution in [0.1, 0.15) is 30.2 Å². The Morgan fingerprint density at radius 2 is 2.40 bits per heavy atom. The quantitative estimate of drug-likeness (QED) is 0.629. The summed E-state index contributed by atoms with van der Waals surface area (Å²) in [5.41, 5.74) is 0.0850. The van der Waals surface area contributed by atoms with E-state index in [0.29, 0.717) is 12.5 Å². The van der Waals surface area contributed by atoms with E-state index in [0.717, 1.165) is 45.0 Å². The second kappa shape index (κ2) is 7.74. The minimum atomic E-state index is 0.0850. The normalized spacial score (nSPS) is 25.5. The Labute approximate surface area is 154 Å². The Morgan fingerprint density at radius 1 is 1.56 bits per heavy atom. The lowest BCUT2D eigenvalue weighted by Gasteiger charge is -2.41. The maximum Gasteiger partial charge on any atom is 0.220 e. The summed E-state index contributed by atoms with van der Waals surface area (Å²) >= 11 is 1.79. The Hall–Kier alpha value is -1.60. The van der Waals surface area contributed by atoms with Crippen molar-refractivity contribution < 1.29 is 4.79 Å². The molecule has 2 fully saturated rings. The highest BCUT2D eigenvalue weighted by molar-refractivity contribution is 7.10. The fourth-order valence-corrected chi connectivity index (χ4v) is 4.89. The van der Waals surface area contributed by atoms with Gasteiger partial charge in [0.2, 0.25) is 5.91 Å². The summed E-state index contributed by atoms with van der Waals surface area (Å²) in [6, 6.07) is 4.61. The molecule has 0 radical (unpaired) electrons. The highest BCUT2D eigenvalue weighted by Gasteiger charge is 2.42. The maximum absolute atomic E-state index is 11.7. The number of amides is 1. The second-order valence-corrected chi connectivity index (χ2v) is 8.38. The van der Waals surface area contributed by atoms with Crippen LogP contribution in [0.2, 0.25) is 0 Å². The molecule has 3 heterocycles. The Kier molecular flexibility index (Phi) is 5.64. The van der Waals surface area contributed by atoms with Gasteiger partial charge in [0, 0.05) is 49.9 Å². The molecule has 2 N–H and O–H groups in total. The van der Waals surface area contributed by atoms with Crippen molar-refractivity contribution in [2.45, 2.75) is 25.3 Å². The van der Waals surface area contributed by atoms with Gasteiger partial charge in [-0.1, -0.05) is 6.07 Å². The van der Waals surface area contributed by atoms with Crippen LogP contribution in [0, 0.1) is 5.41 Å². The summed E-state index contributed by atoms with van der Waals surface area (Å²) in [6.07, 6.45) is 2.88. The van der Waals surface area contributed by atoms with Crippen molar-refractivity contribution in [1.29, 1.82) is 0 Å². The van der Waals surface area contributed by atoms with Gasteiger partial charge in [0.1, 0.15) is 0 Å². The van der Waals surface area contributed by atoms with Gasteiger partial charge in [-0.05, 0) is 38.4 Å². The molecule has 2 atom stereocenters. The molecule has 2 saturated heterocycles. The van der Waals surface area contributed by atoms with Gasteiger partial charge in [-0.25, -0.2) is 0 Å². The molecule has 3 rings (SSSR count). The Morgan fingerprint density at radius 3 is 3.00 bits per heavy atom. The second-order valence-electron chi connectivity index (χ2n) is 7.40. The van der Waals surface area contributed by atoms with Gasteiger partial charge in [-0.15, -0.1) is 11.3 Å². The van der Waals surface area contributed by atoms with Crippen molar-refractivity contribution in [3.8, 4) is 0 Å². The lowest BCUT2D eigenvalue weighted by Crippen LogP contribution is -2.52. The van der Waals surface area contributed by atoms with Crippen molar-refractivity contribution >= 4 is 23.2 Å². The van der Waals surface area contributed by atoms with Gasteiger partial charge < -0.3 is 20.4 Å². The number of nitrogens with one attached hydrogen (secondary N) is 2. The van der Waals surface area contributed by atoms with E-state index in [2.05, 4.69) is 57.0 Å². The van der Waals surface area contributed by atoms with E-state index in [1.807, 2.05) is 7.05 Å². The highest BCUT2D eigenvalue weighted by Crippen LogP contribution is 2.36. The molecule has 0 aromatic carbocycles. The zero-order valence-corrected chi connectivity index (χ0v) is 16.2. The number of carbonyl (C=O) groups excluding carboxylic acids is 1. The minimum absolute atomic E-state index is 0.0850. The first kappa shape index (κ1) is 18.2. The summed E-state index contributed by atoms with van der Waals surface area (Å²) in [7, 11) is 6.07. The first-order valence-electron chi connectivity index (χ1n) is 8.95. The third-order valence-electron chi connectivity index (χ3n) is 5.32. The predicted octanol–water partition coefficient (Wildman–Crippen LogP) is 1.53. The van der Waals surface area contributed by atoms with Crippen molar-refractivity contribution in [1.82, 2.24) is 20.4 Å². The van der Waals surface area contributed by atoms with Crippen molar-refractivity contribution in [3.63, 3.8) is 0 Å². The molecule has 1 amide bonds. The molecule has 25 heavy (non-hydrogen) atoms. The van der Waals surface area contributed by atoms with E-state index in [9.17, 15) is 4.79 Å². The maximum atomic E-state index is 11.7. The monoisotopic (exact) mass is 363 g/mol. The predicted molar refractivity (Wildman–Crippen MR) is 103 cm³/mol. The van der Waals surface area contributed by atoms with E-state index >= 15 is 0 Å². The van der Waals surface area contributed by atoms with Crippen LogP contribution in [0.3, 0.4) is 0 Å². The van der Waals surface area contributed by atoms with Gasteiger partial charge in [0.05, 0.1) is 6.04 Å². The third-order valence-corrected chi connectivity index (χ3v) is 6.29. The zero-order valence-electron chi connectivity index (χ0n) is 15.4. The number of nitrogens with zero attached hydrogens (tertiary/aromatic N) is 3. The van der Waals surface area contributed by atoms with Crippen LogP contribution in [0.5, 0.6) is 0 Å². The number of aliphatic imine (C=N–C) groups is 1. The molecule has 2 aliphatic heterocycles. The Bertz CT molecular complexity index is 615. The number of rotatable bonds is 4. The molecule has 6 nitrogen and oxygen atoms in total. The summed E-state index contributed by atoms with van der Waals surface area (Å²) in [5.74, 6) is 1.14. The molecule has 2 aliphatic rings. The zero-order chi connectivity index (χ0) is 17.9. The van der Waals surface area contributed by atoms with Gasteiger partial charge in [-0.2, -0.15) is 0 Å². The van der Waals surface area contributed by atoms with Crippen molar-refractivity contribution in [3.05, 3.63) is 22.4 Å². The molecular weight excluding hydrogens is 334 g/mol. The SMILES string of the molecule is CN=C(NCC(c1cccs1)N(C)C)N1CCCC2(CNC(=O)C2)C1. The van der Waals surface area contributed by atoms with Crippen LogP contribution < -0.4 is 10.6 Å². The van der Waals surface area contributed by atoms with Gasteiger partial charge in [0.15, 0.2) is 5.96 Å². The van der Waals surface area contributed by atoms with Crippen LogP contribution in [0.4, 0.5) is 0 Å². The smallest absolute Gasteiger partial charge is 0.220 e. The number of likely N-dealkylation sites (tertiary alicyclic amines) is 1. The van der Waals surface area contributed by atoms with Gasteiger partial charge in [-0.3, -0.25) is 9.79 Å². The van der Waals surface area contributed by atoms with Gasteiger partial charge >= 0.3 is 0 Å². The van der Waals surface area contributed by atoms with E-state index in [1.54, 1.807) is 11.3 Å². The van der Waals surface area contributed by atoms with Crippen LogP contribution in [-0.4, -0.2) is 69.0 Å². The van der Waals surface area contributed by atoms with E-state index in [-0.39, 0.29) is 11.3 Å². The number of carbonyl (C=O) groups is 1. The summed E-state index contributed by atoms with van der Waals surface area (Å²) in [5, 5.41) is 8.70. The number of guanidine groups is 1. The van der Waals surface area contributed by atoms with Crippen LogP contribution in [0.15, 0.2) is 22.5 Å². The molecule has 0 bridgehead atoms. The summed E-state index contributed by atoms with van der Waals surface area (Å²) in [4.78, 5) is 22.1. The van der Waals surface area contributed by atoms with Crippen LogP contribution >= 0.6 is 11.3 Å². The molecule has 7 heteroatoms. The van der Waals surface area contributed by atoms with Gasteiger partial charge in [0.25, 0.3) is 0 Å². The average molecular weight is 364 g/mol. The fraction of sp³-hybridized carbons (Fsp3) is 0.667. The van der Waals surface area contributed by atoms with Crippen molar-refractivity contribution in [2.75, 3.05) is 47.3 Å². The van der Waals surface area contributed by atoms with Crippen LogP contribution in [-0.2, 0) is 4.79 Å². The molecule has 0 aliphatic carbocycles. The molecule has 0 saturated carbocycles. The van der Waals surface area contributed by atoms with E-state index in [1.165, 1.54) is 4.88 Å². The molecule has 1 spiro atoms. The highest BCUT2D eigenvalue weighted by atomic mass is 32.1. The average Bonchev–Trinajstić information content (AvgIpc) is 3.22. The Balaban J connectivity index is 1.63. The largest absolute Gasteiger partial charge is 0.355 e. The number of piperidine rings is 1. The number of hydrogen-bond acceptors (Lipinski definition) is 4. The number of thiophene rings is 1. The molecule has 1 aromatic heterocycles. The standard InChI is InChI=1S/C18H29N5OS/c1-19-17(20-11-14(22(2)3)15-6-4-9-25-15)23-8-5-7-18(13-23)10-16(24)21-12-18/h4,6,9,14H,5,7-8,10-13H2,1-3H3,(H,19,20)(H,21,24). The molecular formula is C18H29N5OS. The van der Waals surface area contributed by atoms with Crippen molar-refractivity contribution in [2.24, 2.45) is 10.4 Å². The molecule has 1 aromatic rings. The summed E-state index contributed by atoms with van der Waals surface area (Å²) < 4.78 is 0. The minimum Gasteiger partial charge on any atom is -0.355 e.